The van der Waals surface area contributed by atoms with Crippen LogP contribution < -0.4 is 4.74 Å². The molecule has 0 saturated heterocycles. The summed E-state index contributed by atoms with van der Waals surface area (Å²) in [6.45, 7) is 2.25. The second kappa shape index (κ2) is 19.6. The van der Waals surface area contributed by atoms with Crippen molar-refractivity contribution in [1.29, 1.82) is 0 Å². The van der Waals surface area contributed by atoms with Crippen LogP contribution in [0, 0.1) is 10.1 Å². The van der Waals surface area contributed by atoms with Crippen molar-refractivity contribution in [2.75, 3.05) is 0 Å². The molecule has 7 heteroatoms. The number of nitro groups is 1. The van der Waals surface area contributed by atoms with Crippen LogP contribution in [0.3, 0.4) is 0 Å². The molecule has 0 bridgehead atoms. The van der Waals surface area contributed by atoms with Crippen LogP contribution in [0.25, 0.3) is 6.08 Å². The molecule has 0 spiro atoms. The van der Waals surface area contributed by atoms with Gasteiger partial charge in [0.05, 0.1) is 4.92 Å². The number of benzene rings is 2. The van der Waals surface area contributed by atoms with E-state index in [1.54, 1.807) is 30.3 Å². The fourth-order valence-electron chi connectivity index (χ4n) is 4.61. The van der Waals surface area contributed by atoms with Crippen LogP contribution in [0.4, 0.5) is 5.69 Å². The maximum absolute atomic E-state index is 12.4. The third-order valence-corrected chi connectivity index (χ3v) is 6.97. The first-order valence-corrected chi connectivity index (χ1v) is 14.9. The Kier molecular flexibility index (Phi) is 16.0. The molecule has 0 radical (unpaired) electrons. The first-order valence-electron chi connectivity index (χ1n) is 14.9. The van der Waals surface area contributed by atoms with Crippen molar-refractivity contribution in [3.63, 3.8) is 0 Å². The molecular formula is C33H45NO6. The minimum atomic E-state index is -0.752. The molecule has 0 saturated carbocycles. The summed E-state index contributed by atoms with van der Waals surface area (Å²) in [6, 6.07) is 11.1. The molecule has 0 aliphatic rings. The number of carbonyl (C=O) groups is 2. The molecule has 1 N–H and O–H groups in total. The second-order valence-electron chi connectivity index (χ2n) is 10.4. The van der Waals surface area contributed by atoms with Crippen LogP contribution in [0.15, 0.2) is 48.5 Å². The van der Waals surface area contributed by atoms with Crippen molar-refractivity contribution in [2.24, 2.45) is 0 Å². The first-order chi connectivity index (χ1) is 19.4. The molecule has 0 amide bonds. The number of ether oxygens (including phenoxy) is 1. The number of nitro benzene ring substituents is 1. The number of phenolic OH excluding ortho intramolecular Hbond substituents is 1. The highest BCUT2D eigenvalue weighted by Gasteiger charge is 2.21. The molecule has 2 rings (SSSR count). The number of rotatable bonds is 21. The van der Waals surface area contributed by atoms with E-state index in [9.17, 15) is 24.8 Å². The standard InChI is InChI=1S/C33H45NO6/c1-2-3-4-5-6-7-8-9-10-11-12-13-14-15-19-22-32(36)40-31-26-27(25-29(33(31)37)34(38)39)23-24-30(35)28-20-17-16-18-21-28/h16-18,20-21,23-26,37H,2-15,19,22H2,1H3. The molecule has 2 aromatic rings. The number of nitrogens with zero attached hydrogens (tertiary/aromatic N) is 1. The average Bonchev–Trinajstić information content (AvgIpc) is 2.95. The van der Waals surface area contributed by atoms with Crippen molar-refractivity contribution in [3.05, 3.63) is 69.8 Å². The first kappa shape index (κ1) is 32.7. The van der Waals surface area contributed by atoms with Crippen LogP contribution in [-0.4, -0.2) is 21.8 Å². The smallest absolute Gasteiger partial charge is 0.315 e. The zero-order valence-electron chi connectivity index (χ0n) is 23.9. The fourth-order valence-corrected chi connectivity index (χ4v) is 4.61. The van der Waals surface area contributed by atoms with Crippen LogP contribution in [-0.2, 0) is 4.79 Å². The summed E-state index contributed by atoms with van der Waals surface area (Å²) in [5.74, 6) is -1.82. The molecule has 0 atom stereocenters. The lowest BCUT2D eigenvalue weighted by atomic mass is 10.0. The Morgan fingerprint density at radius 2 is 1.35 bits per heavy atom. The third-order valence-electron chi connectivity index (χ3n) is 6.97. The van der Waals surface area contributed by atoms with Crippen molar-refractivity contribution in [2.45, 2.75) is 110 Å². The quantitative estimate of drug-likeness (QED) is 0.0315. The molecule has 0 aromatic heterocycles. The molecule has 40 heavy (non-hydrogen) atoms. The van der Waals surface area contributed by atoms with Crippen molar-refractivity contribution < 1.29 is 24.4 Å². The SMILES string of the molecule is CCCCCCCCCCCCCCCCCC(=O)Oc1cc(C=CC(=O)c2ccccc2)cc([N+](=O)[O-])c1O. The van der Waals surface area contributed by atoms with Gasteiger partial charge >= 0.3 is 11.7 Å². The summed E-state index contributed by atoms with van der Waals surface area (Å²) in [6.07, 6.45) is 21.2. The van der Waals surface area contributed by atoms with Crippen LogP contribution in [0.5, 0.6) is 11.5 Å². The summed E-state index contributed by atoms with van der Waals surface area (Å²) >= 11 is 0. The third kappa shape index (κ3) is 13.0. The normalized spacial score (nSPS) is 11.1. The summed E-state index contributed by atoms with van der Waals surface area (Å²) in [5.41, 5.74) is 0.148. The maximum atomic E-state index is 12.4. The highest BCUT2D eigenvalue weighted by molar-refractivity contribution is 6.06. The van der Waals surface area contributed by atoms with Gasteiger partial charge in [-0.2, -0.15) is 0 Å². The molecule has 0 aliphatic heterocycles. The minimum absolute atomic E-state index is 0.165. The number of hydrogen-bond donors (Lipinski definition) is 1. The molecule has 2 aromatic carbocycles. The van der Waals surface area contributed by atoms with Gasteiger partial charge in [0, 0.05) is 18.1 Å². The fraction of sp³-hybridized carbons (Fsp3) is 0.515. The average molecular weight is 552 g/mol. The number of hydrogen-bond acceptors (Lipinski definition) is 6. The zero-order chi connectivity index (χ0) is 29.0. The van der Waals surface area contributed by atoms with Gasteiger partial charge in [-0.15, -0.1) is 0 Å². The number of phenols is 1. The Morgan fingerprint density at radius 1 is 0.825 bits per heavy atom. The number of carbonyl (C=O) groups excluding carboxylic acids is 2. The maximum Gasteiger partial charge on any atom is 0.315 e. The number of unbranched alkanes of at least 4 members (excludes halogenated alkanes) is 14. The lowest BCUT2D eigenvalue weighted by Crippen LogP contribution is -2.08. The number of ketones is 1. The van der Waals surface area contributed by atoms with Gasteiger partial charge in [-0.3, -0.25) is 19.7 Å². The van der Waals surface area contributed by atoms with E-state index >= 15 is 0 Å². The van der Waals surface area contributed by atoms with Gasteiger partial charge in [0.2, 0.25) is 5.75 Å². The highest BCUT2D eigenvalue weighted by Crippen LogP contribution is 2.38. The largest absolute Gasteiger partial charge is 0.499 e. The Labute approximate surface area is 238 Å². The zero-order valence-corrected chi connectivity index (χ0v) is 23.9. The van der Waals surface area contributed by atoms with E-state index in [1.807, 2.05) is 0 Å². The summed E-state index contributed by atoms with van der Waals surface area (Å²) < 4.78 is 5.28. The van der Waals surface area contributed by atoms with Crippen LogP contribution in [0.2, 0.25) is 0 Å². The summed E-state index contributed by atoms with van der Waals surface area (Å²) in [5, 5.41) is 21.7. The van der Waals surface area contributed by atoms with Gasteiger partial charge < -0.3 is 9.84 Å². The number of allylic oxidation sites excluding steroid dienone is 1. The van der Waals surface area contributed by atoms with E-state index in [0.29, 0.717) is 12.0 Å². The van der Waals surface area contributed by atoms with Gasteiger partial charge in [-0.25, -0.2) is 0 Å². The Hall–Kier alpha value is -3.48. The van der Waals surface area contributed by atoms with Gasteiger partial charge in [0.25, 0.3) is 0 Å². The van der Waals surface area contributed by atoms with Gasteiger partial charge in [0.15, 0.2) is 11.5 Å². The second-order valence-corrected chi connectivity index (χ2v) is 10.4. The molecule has 7 nitrogen and oxygen atoms in total. The van der Waals surface area contributed by atoms with Gasteiger partial charge in [-0.1, -0.05) is 133 Å². The lowest BCUT2D eigenvalue weighted by molar-refractivity contribution is -0.385. The van der Waals surface area contributed by atoms with Crippen LogP contribution >= 0.6 is 0 Å². The topological polar surface area (TPSA) is 107 Å². The Balaban J connectivity index is 1.69. The van der Waals surface area contributed by atoms with E-state index in [0.717, 1.165) is 25.3 Å². The predicted molar refractivity (Wildman–Crippen MR) is 160 cm³/mol. The minimum Gasteiger partial charge on any atom is -0.499 e. The number of esters is 1. The van der Waals surface area contributed by atoms with Gasteiger partial charge in [0.1, 0.15) is 0 Å². The summed E-state index contributed by atoms with van der Waals surface area (Å²) in [7, 11) is 0. The lowest BCUT2D eigenvalue weighted by Gasteiger charge is -2.08. The van der Waals surface area contributed by atoms with Gasteiger partial charge in [-0.05, 0) is 24.1 Å². The van der Waals surface area contributed by atoms with E-state index in [4.69, 9.17) is 4.74 Å². The van der Waals surface area contributed by atoms with E-state index in [-0.39, 0.29) is 23.5 Å². The predicted octanol–water partition coefficient (Wildman–Crippen LogP) is 9.36. The monoisotopic (exact) mass is 551 g/mol. The molecule has 218 valence electrons. The summed E-state index contributed by atoms with van der Waals surface area (Å²) in [4.78, 5) is 35.4. The molecule has 0 unspecified atom stereocenters. The molecule has 0 aliphatic carbocycles. The molecular weight excluding hydrogens is 506 g/mol. The Bertz CT molecular complexity index is 1080. The van der Waals surface area contributed by atoms with E-state index < -0.39 is 22.3 Å². The molecule has 0 heterocycles. The van der Waals surface area contributed by atoms with Crippen molar-refractivity contribution in [3.8, 4) is 11.5 Å². The van der Waals surface area contributed by atoms with Crippen LogP contribution in [0.1, 0.15) is 126 Å². The van der Waals surface area contributed by atoms with E-state index in [2.05, 4.69) is 6.92 Å². The highest BCUT2D eigenvalue weighted by atomic mass is 16.6. The van der Waals surface area contributed by atoms with Crippen molar-refractivity contribution >= 4 is 23.5 Å². The van der Waals surface area contributed by atoms with Crippen molar-refractivity contribution in [1.82, 2.24) is 0 Å². The Morgan fingerprint density at radius 3 is 1.88 bits per heavy atom. The number of aromatic hydroxyl groups is 1. The molecule has 0 fully saturated rings. The van der Waals surface area contributed by atoms with E-state index in [1.165, 1.54) is 88.8 Å².